The Morgan fingerprint density at radius 3 is 2.72 bits per heavy atom. The van der Waals surface area contributed by atoms with Crippen LogP contribution in [0.1, 0.15) is 26.7 Å². The van der Waals surface area contributed by atoms with Crippen molar-refractivity contribution >= 4 is 23.6 Å². The molecule has 3 aliphatic rings. The largest absolute Gasteiger partial charge is 0.368 e. The number of amides is 4. The number of hydrogen-bond donors (Lipinski definition) is 4. The van der Waals surface area contributed by atoms with Gasteiger partial charge in [0.2, 0.25) is 23.6 Å². The monoisotopic (exact) mass is 445 g/mol. The maximum atomic E-state index is 13.3. The summed E-state index contributed by atoms with van der Waals surface area (Å²) in [7, 11) is 0. The Balaban J connectivity index is 1.47. The molecule has 174 valence electrons. The third-order valence-electron chi connectivity index (χ3n) is 7.36. The van der Waals surface area contributed by atoms with Crippen LogP contribution in [0.2, 0.25) is 0 Å². The zero-order valence-corrected chi connectivity index (χ0v) is 18.4. The predicted octanol–water partition coefficient (Wildman–Crippen LogP) is -1.81. The van der Waals surface area contributed by atoms with Crippen LogP contribution in [0.3, 0.4) is 0 Å². The van der Waals surface area contributed by atoms with Crippen molar-refractivity contribution in [2.45, 2.75) is 51.4 Å². The molecule has 1 aliphatic carbocycles. The summed E-state index contributed by atoms with van der Waals surface area (Å²) in [5.74, 6) is -1.80. The molecular formula is C21H31N7O4. The quantitative estimate of drug-likeness (QED) is 0.368. The molecule has 3 unspecified atom stereocenters. The summed E-state index contributed by atoms with van der Waals surface area (Å²) >= 11 is 0. The summed E-state index contributed by atoms with van der Waals surface area (Å²) in [5, 5.41) is 9.53. The van der Waals surface area contributed by atoms with Crippen LogP contribution >= 0.6 is 0 Å². The molecule has 1 aromatic rings. The SMILES string of the molecule is CC1(C)C2CN(C(=O)[C@@H](N)Cn3cccn3)C(C(=O)N[C@@H](C[C@@H]3CCNC3=O)C(N)=O)C21. The Bertz CT molecular complexity index is 915. The van der Waals surface area contributed by atoms with E-state index in [1.807, 2.05) is 0 Å². The second-order valence-corrected chi connectivity index (χ2v) is 9.70. The normalized spacial score (nSPS) is 29.7. The summed E-state index contributed by atoms with van der Waals surface area (Å²) in [6, 6.07) is -0.812. The van der Waals surface area contributed by atoms with Crippen LogP contribution in [-0.4, -0.2) is 69.5 Å². The molecule has 4 rings (SSSR count). The van der Waals surface area contributed by atoms with Crippen molar-refractivity contribution in [2.75, 3.05) is 13.1 Å². The van der Waals surface area contributed by atoms with Gasteiger partial charge in [-0.2, -0.15) is 5.10 Å². The van der Waals surface area contributed by atoms with Crippen LogP contribution in [0.15, 0.2) is 18.5 Å². The fourth-order valence-electron chi connectivity index (χ4n) is 5.37. The van der Waals surface area contributed by atoms with Gasteiger partial charge in [-0.1, -0.05) is 13.8 Å². The molecule has 1 aromatic heterocycles. The molecule has 0 bridgehead atoms. The Labute approximate surface area is 186 Å². The predicted molar refractivity (Wildman–Crippen MR) is 113 cm³/mol. The summed E-state index contributed by atoms with van der Waals surface area (Å²) in [6.07, 6.45) is 4.06. The van der Waals surface area contributed by atoms with Gasteiger partial charge >= 0.3 is 0 Å². The van der Waals surface area contributed by atoms with E-state index in [1.54, 1.807) is 23.1 Å². The number of nitrogens with one attached hydrogen (secondary N) is 2. The van der Waals surface area contributed by atoms with Gasteiger partial charge in [0.25, 0.3) is 0 Å². The fourth-order valence-corrected chi connectivity index (χ4v) is 5.37. The first-order valence-corrected chi connectivity index (χ1v) is 11.0. The van der Waals surface area contributed by atoms with Gasteiger partial charge in [-0.05, 0) is 36.2 Å². The molecule has 6 N–H and O–H groups in total. The molecule has 3 fully saturated rings. The number of primary amides is 1. The van der Waals surface area contributed by atoms with Gasteiger partial charge in [0.15, 0.2) is 0 Å². The third kappa shape index (κ3) is 3.96. The van der Waals surface area contributed by atoms with E-state index in [4.69, 9.17) is 11.5 Å². The number of carbonyl (C=O) groups excluding carboxylic acids is 4. The van der Waals surface area contributed by atoms with Crippen molar-refractivity contribution in [1.82, 2.24) is 25.3 Å². The minimum atomic E-state index is -0.980. The maximum absolute atomic E-state index is 13.3. The average molecular weight is 446 g/mol. The first-order chi connectivity index (χ1) is 15.1. The van der Waals surface area contributed by atoms with E-state index in [2.05, 4.69) is 29.6 Å². The molecule has 6 atom stereocenters. The third-order valence-corrected chi connectivity index (χ3v) is 7.36. The van der Waals surface area contributed by atoms with E-state index < -0.39 is 29.9 Å². The number of nitrogens with two attached hydrogens (primary N) is 2. The highest BCUT2D eigenvalue weighted by Gasteiger charge is 2.69. The summed E-state index contributed by atoms with van der Waals surface area (Å²) in [6.45, 7) is 5.33. The first kappa shape index (κ1) is 22.3. The second-order valence-electron chi connectivity index (χ2n) is 9.70. The number of carbonyl (C=O) groups is 4. The lowest BCUT2D eigenvalue weighted by Gasteiger charge is -2.32. The Hall–Kier alpha value is -2.95. The molecule has 32 heavy (non-hydrogen) atoms. The van der Waals surface area contributed by atoms with Crippen LogP contribution < -0.4 is 22.1 Å². The number of hydrogen-bond acceptors (Lipinski definition) is 6. The van der Waals surface area contributed by atoms with Crippen molar-refractivity contribution < 1.29 is 19.2 Å². The van der Waals surface area contributed by atoms with Crippen LogP contribution in [0.4, 0.5) is 0 Å². The minimum absolute atomic E-state index is 0.0216. The Morgan fingerprint density at radius 2 is 2.12 bits per heavy atom. The van der Waals surface area contributed by atoms with Crippen LogP contribution in [0.5, 0.6) is 0 Å². The lowest BCUT2D eigenvalue weighted by atomic mass is 9.96. The van der Waals surface area contributed by atoms with E-state index >= 15 is 0 Å². The molecular weight excluding hydrogens is 414 g/mol. The highest BCUT2D eigenvalue weighted by atomic mass is 16.2. The summed E-state index contributed by atoms with van der Waals surface area (Å²) < 4.78 is 1.58. The van der Waals surface area contributed by atoms with Crippen molar-refractivity contribution in [3.63, 3.8) is 0 Å². The number of fused-ring (bicyclic) bond motifs is 1. The number of rotatable bonds is 8. The van der Waals surface area contributed by atoms with Gasteiger partial charge in [-0.25, -0.2) is 0 Å². The number of nitrogens with zero attached hydrogens (tertiary/aromatic N) is 3. The molecule has 11 heteroatoms. The highest BCUT2D eigenvalue weighted by molar-refractivity contribution is 5.94. The first-order valence-electron chi connectivity index (χ1n) is 11.0. The topological polar surface area (TPSA) is 165 Å². The van der Waals surface area contributed by atoms with Crippen molar-refractivity contribution in [3.8, 4) is 0 Å². The Kier molecular flexibility index (Phi) is 5.70. The average Bonchev–Trinajstić information content (AvgIpc) is 3.28. The number of likely N-dealkylation sites (tertiary alicyclic amines) is 1. The van der Waals surface area contributed by atoms with E-state index in [0.717, 1.165) is 0 Å². The Morgan fingerprint density at radius 1 is 1.38 bits per heavy atom. The highest BCUT2D eigenvalue weighted by Crippen LogP contribution is 2.64. The van der Waals surface area contributed by atoms with Gasteiger partial charge in [0.05, 0.1) is 6.54 Å². The molecule has 2 saturated heterocycles. The molecule has 4 amide bonds. The maximum Gasteiger partial charge on any atom is 0.243 e. The molecule has 11 nitrogen and oxygen atoms in total. The molecule has 2 aliphatic heterocycles. The summed E-state index contributed by atoms with van der Waals surface area (Å²) in [4.78, 5) is 51.9. The van der Waals surface area contributed by atoms with Gasteiger partial charge in [-0.15, -0.1) is 0 Å². The van der Waals surface area contributed by atoms with Gasteiger partial charge in [-0.3, -0.25) is 23.9 Å². The van der Waals surface area contributed by atoms with E-state index in [-0.39, 0.29) is 47.9 Å². The van der Waals surface area contributed by atoms with Crippen LogP contribution in [0.25, 0.3) is 0 Å². The smallest absolute Gasteiger partial charge is 0.243 e. The molecule has 0 aromatic carbocycles. The zero-order chi connectivity index (χ0) is 23.2. The van der Waals surface area contributed by atoms with Gasteiger partial charge < -0.3 is 27.0 Å². The van der Waals surface area contributed by atoms with Crippen LogP contribution in [-0.2, 0) is 25.7 Å². The van der Waals surface area contributed by atoms with Crippen molar-refractivity contribution in [2.24, 2.45) is 34.6 Å². The van der Waals surface area contributed by atoms with Crippen molar-refractivity contribution in [3.05, 3.63) is 18.5 Å². The van der Waals surface area contributed by atoms with E-state index in [1.165, 1.54) is 4.90 Å². The van der Waals surface area contributed by atoms with Crippen molar-refractivity contribution in [1.29, 1.82) is 0 Å². The van der Waals surface area contributed by atoms with Crippen LogP contribution in [0, 0.1) is 23.2 Å². The van der Waals surface area contributed by atoms with Gasteiger partial charge in [0.1, 0.15) is 18.1 Å². The molecule has 0 radical (unpaired) electrons. The summed E-state index contributed by atoms with van der Waals surface area (Å²) in [5.41, 5.74) is 11.6. The fraction of sp³-hybridized carbons (Fsp3) is 0.667. The molecule has 1 saturated carbocycles. The van der Waals surface area contributed by atoms with E-state index in [9.17, 15) is 19.2 Å². The van der Waals surface area contributed by atoms with E-state index in [0.29, 0.717) is 19.5 Å². The lowest BCUT2D eigenvalue weighted by molar-refractivity contribution is -0.142. The zero-order valence-electron chi connectivity index (χ0n) is 18.4. The minimum Gasteiger partial charge on any atom is -0.368 e. The second kappa shape index (κ2) is 8.19. The number of aromatic nitrogens is 2. The molecule has 3 heterocycles. The van der Waals surface area contributed by atoms with Gasteiger partial charge in [0, 0.05) is 31.4 Å². The number of piperidine rings is 1. The molecule has 0 spiro atoms. The lowest BCUT2D eigenvalue weighted by Crippen LogP contribution is -2.57. The standard InChI is InChI=1S/C21H31N7O4/c1-21(2)12-9-28(20(32)13(22)10-27-7-3-5-25-27)16(15(12)21)19(31)26-14(17(23)29)8-11-4-6-24-18(11)30/h3,5,7,11-16H,4,6,8-10,22H2,1-2H3,(H2,23,29)(H,24,30)(H,26,31)/t11-,12?,13-,14-,15?,16?/m0/s1.